The zero-order chi connectivity index (χ0) is 14.5. The van der Waals surface area contributed by atoms with Gasteiger partial charge in [0, 0.05) is 26.2 Å². The molecule has 5 nitrogen and oxygen atoms in total. The van der Waals surface area contributed by atoms with Gasteiger partial charge in [-0.15, -0.1) is 0 Å². The summed E-state index contributed by atoms with van der Waals surface area (Å²) in [5, 5.41) is 0. The van der Waals surface area contributed by atoms with Crippen LogP contribution in [0, 0.1) is 0 Å². The van der Waals surface area contributed by atoms with Gasteiger partial charge in [0.05, 0.1) is 25.4 Å². The molecule has 0 aromatic carbocycles. The molecule has 2 atom stereocenters. The van der Waals surface area contributed by atoms with Crippen LogP contribution in [0.15, 0.2) is 0 Å². The van der Waals surface area contributed by atoms with Gasteiger partial charge in [-0.3, -0.25) is 9.69 Å². The molecule has 0 aliphatic carbocycles. The van der Waals surface area contributed by atoms with Gasteiger partial charge < -0.3 is 14.4 Å². The molecule has 0 aromatic rings. The zero-order valence-electron chi connectivity index (χ0n) is 13.0. The van der Waals surface area contributed by atoms with Crippen molar-refractivity contribution in [1.82, 2.24) is 9.80 Å². The number of piperidine rings is 1. The van der Waals surface area contributed by atoms with E-state index in [2.05, 4.69) is 4.90 Å². The van der Waals surface area contributed by atoms with E-state index in [1.54, 1.807) is 0 Å². The first-order valence-corrected chi connectivity index (χ1v) is 8.57. The number of morpholine rings is 1. The van der Waals surface area contributed by atoms with E-state index in [1.165, 1.54) is 25.7 Å². The predicted octanol–water partition coefficient (Wildman–Crippen LogP) is 1.27. The van der Waals surface area contributed by atoms with Crippen molar-refractivity contribution >= 4 is 5.91 Å². The highest BCUT2D eigenvalue weighted by Gasteiger charge is 2.34. The number of nitrogens with zero attached hydrogens (tertiary/aromatic N) is 2. The molecule has 0 spiro atoms. The van der Waals surface area contributed by atoms with Crippen molar-refractivity contribution < 1.29 is 14.3 Å². The lowest BCUT2D eigenvalue weighted by Crippen LogP contribution is -2.55. The number of rotatable bonds is 3. The highest BCUT2D eigenvalue weighted by Crippen LogP contribution is 2.22. The minimum atomic E-state index is 0.0716. The first kappa shape index (κ1) is 15.3. The van der Waals surface area contributed by atoms with Gasteiger partial charge in [-0.25, -0.2) is 0 Å². The summed E-state index contributed by atoms with van der Waals surface area (Å²) >= 11 is 0. The minimum Gasteiger partial charge on any atom is -0.378 e. The molecule has 2 unspecified atom stereocenters. The molecule has 21 heavy (non-hydrogen) atoms. The Labute approximate surface area is 127 Å². The van der Waals surface area contributed by atoms with Gasteiger partial charge in [-0.05, 0) is 38.6 Å². The Bertz CT molecular complexity index is 338. The van der Waals surface area contributed by atoms with E-state index in [4.69, 9.17) is 9.47 Å². The molecular weight excluding hydrogens is 268 g/mol. The Hall–Kier alpha value is -0.650. The smallest absolute Gasteiger partial charge is 0.240 e. The van der Waals surface area contributed by atoms with E-state index in [-0.39, 0.29) is 6.04 Å². The molecule has 3 aliphatic rings. The number of amides is 1. The van der Waals surface area contributed by atoms with Gasteiger partial charge in [0.1, 0.15) is 0 Å². The molecule has 0 aromatic heterocycles. The van der Waals surface area contributed by atoms with Crippen LogP contribution < -0.4 is 0 Å². The average Bonchev–Trinajstić information content (AvgIpc) is 2.56. The Kier molecular flexibility index (Phi) is 5.49. The molecule has 3 rings (SSSR count). The summed E-state index contributed by atoms with van der Waals surface area (Å²) in [7, 11) is 0. The fourth-order valence-corrected chi connectivity index (χ4v) is 3.70. The highest BCUT2D eigenvalue weighted by atomic mass is 16.5. The predicted molar refractivity (Wildman–Crippen MR) is 80.2 cm³/mol. The van der Waals surface area contributed by atoms with E-state index < -0.39 is 0 Å². The number of likely N-dealkylation sites (tertiary alicyclic amines) is 1. The SMILES string of the molecule is O=C(C1CCCCN1CC1CCCCO1)N1CCOCC1. The van der Waals surface area contributed by atoms with Crippen molar-refractivity contribution in [1.29, 1.82) is 0 Å². The standard InChI is InChI=1S/C16H28N2O3/c19-16(17-8-11-20-12-9-17)15-6-1-3-7-18(15)13-14-5-2-4-10-21-14/h14-15H,1-13H2. The molecule has 120 valence electrons. The maximum Gasteiger partial charge on any atom is 0.240 e. The van der Waals surface area contributed by atoms with Crippen LogP contribution in [0.1, 0.15) is 38.5 Å². The van der Waals surface area contributed by atoms with Gasteiger partial charge in [0.2, 0.25) is 5.91 Å². The lowest BCUT2D eigenvalue weighted by molar-refractivity contribution is -0.143. The number of carbonyl (C=O) groups excluding carboxylic acids is 1. The minimum absolute atomic E-state index is 0.0716. The van der Waals surface area contributed by atoms with Crippen molar-refractivity contribution in [3.8, 4) is 0 Å². The Morgan fingerprint density at radius 3 is 2.52 bits per heavy atom. The highest BCUT2D eigenvalue weighted by molar-refractivity contribution is 5.82. The second-order valence-electron chi connectivity index (χ2n) is 6.43. The normalized spacial score (nSPS) is 32.1. The van der Waals surface area contributed by atoms with Crippen LogP contribution in [0.25, 0.3) is 0 Å². The Morgan fingerprint density at radius 2 is 1.76 bits per heavy atom. The maximum atomic E-state index is 12.8. The monoisotopic (exact) mass is 296 g/mol. The third-order valence-corrected chi connectivity index (χ3v) is 4.93. The molecule has 0 saturated carbocycles. The summed E-state index contributed by atoms with van der Waals surface area (Å²) < 4.78 is 11.2. The van der Waals surface area contributed by atoms with Crippen molar-refractivity contribution in [2.24, 2.45) is 0 Å². The zero-order valence-corrected chi connectivity index (χ0v) is 13.0. The van der Waals surface area contributed by atoms with Crippen LogP contribution in [0.2, 0.25) is 0 Å². The Morgan fingerprint density at radius 1 is 0.952 bits per heavy atom. The second-order valence-corrected chi connectivity index (χ2v) is 6.43. The molecule has 3 aliphatic heterocycles. The van der Waals surface area contributed by atoms with Crippen LogP contribution >= 0.6 is 0 Å². The summed E-state index contributed by atoms with van der Waals surface area (Å²) in [6, 6.07) is 0.0716. The maximum absolute atomic E-state index is 12.8. The quantitative estimate of drug-likeness (QED) is 0.786. The van der Waals surface area contributed by atoms with E-state index in [0.717, 1.165) is 45.6 Å². The average molecular weight is 296 g/mol. The van der Waals surface area contributed by atoms with Crippen LogP contribution in [-0.2, 0) is 14.3 Å². The van der Waals surface area contributed by atoms with Crippen molar-refractivity contribution in [2.75, 3.05) is 46.0 Å². The van der Waals surface area contributed by atoms with Gasteiger partial charge in [0.15, 0.2) is 0 Å². The van der Waals surface area contributed by atoms with E-state index in [9.17, 15) is 4.79 Å². The van der Waals surface area contributed by atoms with E-state index >= 15 is 0 Å². The molecule has 0 bridgehead atoms. The third kappa shape index (κ3) is 3.96. The van der Waals surface area contributed by atoms with Crippen LogP contribution in [0.5, 0.6) is 0 Å². The molecular formula is C16H28N2O3. The molecule has 3 fully saturated rings. The van der Waals surface area contributed by atoms with Gasteiger partial charge in [-0.1, -0.05) is 6.42 Å². The first-order chi connectivity index (χ1) is 10.3. The van der Waals surface area contributed by atoms with Crippen LogP contribution in [0.3, 0.4) is 0 Å². The van der Waals surface area contributed by atoms with Crippen LogP contribution in [-0.4, -0.2) is 73.9 Å². The number of hydrogen-bond donors (Lipinski definition) is 0. The van der Waals surface area contributed by atoms with Crippen molar-refractivity contribution in [3.05, 3.63) is 0 Å². The van der Waals surface area contributed by atoms with Gasteiger partial charge in [-0.2, -0.15) is 0 Å². The summed E-state index contributed by atoms with van der Waals surface area (Å²) in [4.78, 5) is 17.2. The molecule has 0 radical (unpaired) electrons. The summed E-state index contributed by atoms with van der Waals surface area (Å²) in [6.45, 7) is 5.74. The van der Waals surface area contributed by atoms with Crippen molar-refractivity contribution in [2.45, 2.75) is 50.7 Å². The van der Waals surface area contributed by atoms with E-state index in [0.29, 0.717) is 25.2 Å². The molecule has 1 amide bonds. The van der Waals surface area contributed by atoms with Gasteiger partial charge in [0.25, 0.3) is 0 Å². The van der Waals surface area contributed by atoms with Crippen molar-refractivity contribution in [3.63, 3.8) is 0 Å². The summed E-state index contributed by atoms with van der Waals surface area (Å²) in [5.41, 5.74) is 0. The number of hydrogen-bond acceptors (Lipinski definition) is 4. The largest absolute Gasteiger partial charge is 0.378 e. The fraction of sp³-hybridized carbons (Fsp3) is 0.938. The fourth-order valence-electron chi connectivity index (χ4n) is 3.70. The number of ether oxygens (including phenoxy) is 2. The first-order valence-electron chi connectivity index (χ1n) is 8.57. The summed E-state index contributed by atoms with van der Waals surface area (Å²) in [6.07, 6.45) is 7.31. The summed E-state index contributed by atoms with van der Waals surface area (Å²) in [5.74, 6) is 0.314. The second kappa shape index (κ2) is 7.56. The van der Waals surface area contributed by atoms with E-state index in [1.807, 2.05) is 4.90 Å². The molecule has 5 heteroatoms. The van der Waals surface area contributed by atoms with Crippen LogP contribution in [0.4, 0.5) is 0 Å². The third-order valence-electron chi connectivity index (χ3n) is 4.93. The Balaban J connectivity index is 1.58. The number of carbonyl (C=O) groups is 1. The van der Waals surface area contributed by atoms with Gasteiger partial charge >= 0.3 is 0 Å². The molecule has 0 N–H and O–H groups in total. The molecule has 3 saturated heterocycles. The lowest BCUT2D eigenvalue weighted by atomic mass is 9.99. The lowest BCUT2D eigenvalue weighted by Gasteiger charge is -2.40. The topological polar surface area (TPSA) is 42.0 Å². The molecule has 3 heterocycles.